The number of aromatic nitrogens is 15. The zero-order chi connectivity index (χ0) is 100. The second-order valence-electron chi connectivity index (χ2n) is 37.6. The average Bonchev–Trinajstić information content (AvgIpc) is 1.55. The van der Waals surface area contributed by atoms with E-state index < -0.39 is 102 Å². The molecular weight excluding hydrogens is 1900 g/mol. The Hall–Kier alpha value is -10.7. The Bertz CT molecular complexity index is 6620. The fraction of sp³-hybridized carbons (Fsp3) is 0.521. The van der Waals surface area contributed by atoms with Gasteiger partial charge in [0.15, 0.2) is 49.2 Å². The Morgan fingerprint density at radius 3 is 0.827 bits per heavy atom. The first-order chi connectivity index (χ1) is 65.5. The van der Waals surface area contributed by atoms with E-state index in [9.17, 15) is 64.0 Å². The van der Waals surface area contributed by atoms with Crippen LogP contribution in [0.15, 0.2) is 91.6 Å². The molecule has 0 spiro atoms. The van der Waals surface area contributed by atoms with Gasteiger partial charge in [0.05, 0.1) is 168 Å². The Kier molecular flexibility index (Phi) is 29.9. The van der Waals surface area contributed by atoms with Crippen molar-refractivity contribution in [3.63, 3.8) is 0 Å². The Morgan fingerprint density at radius 1 is 0.324 bits per heavy atom. The minimum Gasteiger partial charge on any atom is -0.378 e. The number of rotatable bonds is 21. The van der Waals surface area contributed by atoms with Gasteiger partial charge in [-0.1, -0.05) is 0 Å². The van der Waals surface area contributed by atoms with E-state index in [4.69, 9.17) is 23.7 Å². The molecule has 0 bridgehead atoms. The lowest BCUT2D eigenvalue weighted by Crippen LogP contribution is -2.45. The smallest absolute Gasteiger partial charge is 0.226 e. The highest BCUT2D eigenvalue weighted by Crippen LogP contribution is 2.58. The molecule has 4 saturated carbocycles. The summed E-state index contributed by atoms with van der Waals surface area (Å²) in [4.78, 5) is 76.3. The molecule has 15 heterocycles. The number of nitrogens with zero attached hydrogens (tertiary/aromatic N) is 20. The molecule has 10 aromatic rings. The van der Waals surface area contributed by atoms with E-state index in [1.807, 2.05) is 38.3 Å². The van der Waals surface area contributed by atoms with E-state index in [0.717, 1.165) is 19.1 Å². The summed E-state index contributed by atoms with van der Waals surface area (Å²) in [5.74, 6) is -0.274. The normalized spacial score (nSPS) is 19.3. The molecule has 2 atom stereocenters. The summed E-state index contributed by atoms with van der Waals surface area (Å²) in [6.07, 6.45) is 16.5. The molecule has 0 amide bonds. The molecule has 0 aromatic carbocycles. The summed E-state index contributed by atoms with van der Waals surface area (Å²) >= 11 is 0. The summed E-state index contributed by atoms with van der Waals surface area (Å²) in [7, 11) is -17.0. The van der Waals surface area contributed by atoms with Crippen molar-refractivity contribution >= 4 is 78.9 Å². The minimum atomic E-state index is -3.48. The van der Waals surface area contributed by atoms with Gasteiger partial charge >= 0.3 is 0 Å². The van der Waals surface area contributed by atoms with Crippen LogP contribution in [0.4, 0.5) is 51.7 Å². The molecular formula is C94H115F5N20O15S5. The maximum atomic E-state index is 14.7. The molecule has 0 N–H and O–H groups in total. The molecule has 45 heteroatoms. The summed E-state index contributed by atoms with van der Waals surface area (Å²) < 4.78 is 220. The lowest BCUT2D eigenvalue weighted by atomic mass is 10.1. The number of sulfone groups is 5. The van der Waals surface area contributed by atoms with Crippen LogP contribution in [-0.4, -0.2) is 278 Å². The number of halogens is 5. The monoisotopic (exact) mass is 2020 g/mol. The molecule has 0 radical (unpaired) electrons. The molecule has 35 nitrogen and oxygen atoms in total. The third kappa shape index (κ3) is 22.3. The van der Waals surface area contributed by atoms with E-state index >= 15 is 0 Å². The van der Waals surface area contributed by atoms with E-state index in [1.165, 1.54) is 92.2 Å². The molecule has 10 aromatic heterocycles. The van der Waals surface area contributed by atoms with Crippen LogP contribution in [0.3, 0.4) is 0 Å². The lowest BCUT2D eigenvalue weighted by molar-refractivity contribution is 0.0980. The molecule has 9 fully saturated rings. The Morgan fingerprint density at radius 2 is 0.568 bits per heavy atom. The molecule has 746 valence electrons. The summed E-state index contributed by atoms with van der Waals surface area (Å²) in [5, 5.41) is -0.270. The van der Waals surface area contributed by atoms with Gasteiger partial charge in [0.2, 0.25) is 29.7 Å². The van der Waals surface area contributed by atoms with Gasteiger partial charge in [0, 0.05) is 137 Å². The number of ether oxygens (including phenoxy) is 5. The van der Waals surface area contributed by atoms with Gasteiger partial charge in [-0.2, -0.15) is 0 Å². The number of pyridine rings is 5. The maximum absolute atomic E-state index is 14.7. The molecule has 4 aliphatic carbocycles. The summed E-state index contributed by atoms with van der Waals surface area (Å²) in [6.45, 7) is 28.9. The highest BCUT2D eigenvalue weighted by Gasteiger charge is 2.62. The van der Waals surface area contributed by atoms with Crippen molar-refractivity contribution in [3.8, 4) is 56.3 Å². The van der Waals surface area contributed by atoms with E-state index in [-0.39, 0.29) is 45.2 Å². The molecule has 5 aliphatic heterocycles. The van der Waals surface area contributed by atoms with Crippen LogP contribution in [0.1, 0.15) is 150 Å². The first kappa shape index (κ1) is 103. The largest absolute Gasteiger partial charge is 0.378 e. The van der Waals surface area contributed by atoms with Crippen LogP contribution in [0.25, 0.3) is 56.3 Å². The van der Waals surface area contributed by atoms with E-state index in [1.54, 1.807) is 80.5 Å². The lowest BCUT2D eigenvalue weighted by Gasteiger charge is -2.34. The van der Waals surface area contributed by atoms with Gasteiger partial charge < -0.3 is 48.2 Å². The SMILES string of the molecule is Cc1cc(F)c(-c2cc(C(C)(C)S(C)(=O)=O)nc(N3CCOCC3)n2)cn1.Cc1cc(F)c(-c2cc(C(C)(C)S(C)(=O)=O)nc(N3CCOC[C@@H]3C)n2)cn1.Cc1cc(F)c(-c2cc(C3(S(=O)(=O)C4CC4)CC3)nc(N3CCOCC3)n2)cn1.Cc1cc(F)c(-c2cc(C3(S(C)(=O)=O)CC3)nc(N3CCOCC3)n2)cn1.Cc1cc(F)c(-c2cc(C3(S(C)(=O)=O)CC3)nc(N3CCOC[C@@H]3C)n2)cn1. The first-order valence-electron chi connectivity index (χ1n) is 45.8. The quantitative estimate of drug-likeness (QED) is 0.0603. The van der Waals surface area contributed by atoms with Gasteiger partial charge in [-0.05, 0) is 188 Å². The van der Waals surface area contributed by atoms with Crippen LogP contribution in [0, 0.1) is 63.7 Å². The van der Waals surface area contributed by atoms with Crippen molar-refractivity contribution in [2.45, 2.75) is 169 Å². The van der Waals surface area contributed by atoms with Crippen LogP contribution in [-0.2, 0) is 96.6 Å². The zero-order valence-electron chi connectivity index (χ0n) is 80.3. The number of morpholine rings is 5. The Labute approximate surface area is 806 Å². The number of anilines is 5. The van der Waals surface area contributed by atoms with Gasteiger partial charge in [-0.15, -0.1) is 0 Å². The van der Waals surface area contributed by atoms with Crippen LogP contribution in [0.5, 0.6) is 0 Å². The maximum Gasteiger partial charge on any atom is 0.226 e. The number of hydrogen-bond acceptors (Lipinski definition) is 35. The fourth-order valence-corrected chi connectivity index (χ4v) is 22.6. The topological polar surface area (TPSA) is 426 Å². The highest BCUT2D eigenvalue weighted by molar-refractivity contribution is 7.93. The van der Waals surface area contributed by atoms with E-state index in [2.05, 4.69) is 74.8 Å². The molecule has 139 heavy (non-hydrogen) atoms. The fourth-order valence-electron chi connectivity index (χ4n) is 16.5. The molecule has 5 saturated heterocycles. The van der Waals surface area contributed by atoms with Crippen LogP contribution in [0.2, 0.25) is 0 Å². The first-order valence-corrected chi connectivity index (χ1v) is 54.9. The predicted octanol–water partition coefficient (Wildman–Crippen LogP) is 11.1. The Balaban J connectivity index is 0.000000132. The van der Waals surface area contributed by atoms with Crippen molar-refractivity contribution in [1.82, 2.24) is 74.8 Å². The second-order valence-corrected chi connectivity index (χ2v) is 49.9. The number of hydrogen-bond donors (Lipinski definition) is 0. The van der Waals surface area contributed by atoms with E-state index in [0.29, 0.717) is 272 Å². The standard InChI is InChI=1S/C20H23FN4O3S.C19H23FN4O3S.C19H25FN4O3S.C18H21FN4O3S.C18H23FN4O3S/c1-13-10-16(21)15(12-22-13)17-11-18(20(4-5-20)29(26,27)14-2-3-14)24-19(23-17)25-6-8-28-9-7-25;1-12-8-15(20)14(10-21-12)16-9-17(19(4-5-19)28(3,25)26)23-18(22-16)24-6-7-27-11-13(24)2;1-12-8-15(20)14(10-21-12)16-9-17(19(3,4)28(5,25)26)23-18(22-16)24-6-7-27-11-13(24)2;1-12-9-14(19)13(11-20-12)15-10-16(18(3-4-18)27(2,24)25)22-17(21-15)23-5-7-26-8-6-23;1-12-9-14(19)13(11-20-12)15-10-16(18(2,3)27(4,24)25)22-17(21-15)23-5-7-26-8-6-23/h10-12,14H,2-9H2,1H3;8-10,13H,4-7,11H2,1-3H3;8-10,13H,6-7,11H2,1-5H3;9-11H,3-8H2,1-2H3;9-11H,5-8H2,1-4H3/t;2*13-;;/m.00../s1. The number of aryl methyl sites for hydroxylation is 5. The van der Waals surface area contributed by atoms with Gasteiger partial charge in [0.25, 0.3) is 0 Å². The van der Waals surface area contributed by atoms with Gasteiger partial charge in [0.1, 0.15) is 52.8 Å². The molecule has 19 rings (SSSR count). The van der Waals surface area contributed by atoms with Crippen molar-refractivity contribution in [3.05, 3.63) is 178 Å². The predicted molar refractivity (Wildman–Crippen MR) is 514 cm³/mol. The van der Waals surface area contributed by atoms with Crippen molar-refractivity contribution in [1.29, 1.82) is 0 Å². The van der Waals surface area contributed by atoms with Crippen molar-refractivity contribution in [2.75, 3.05) is 168 Å². The summed E-state index contributed by atoms with van der Waals surface area (Å²) in [5.41, 5.74) is 7.60. The van der Waals surface area contributed by atoms with Gasteiger partial charge in [-0.25, -0.2) is 114 Å². The van der Waals surface area contributed by atoms with Gasteiger partial charge in [-0.3, -0.25) is 24.9 Å². The van der Waals surface area contributed by atoms with Crippen molar-refractivity contribution in [2.24, 2.45) is 0 Å². The second kappa shape index (κ2) is 40.4. The minimum absolute atomic E-state index is 0.0131. The zero-order valence-corrected chi connectivity index (χ0v) is 84.4. The van der Waals surface area contributed by atoms with Crippen LogP contribution < -0.4 is 24.5 Å². The highest BCUT2D eigenvalue weighted by atomic mass is 32.2. The molecule has 9 aliphatic rings. The van der Waals surface area contributed by atoms with Crippen LogP contribution >= 0.6 is 0 Å². The third-order valence-corrected chi connectivity index (χ3v) is 37.8. The molecule has 0 unspecified atom stereocenters. The summed E-state index contributed by atoms with van der Waals surface area (Å²) in [6, 6.07) is 14.6. The van der Waals surface area contributed by atoms with Crippen molar-refractivity contribution < 1.29 is 87.7 Å². The third-order valence-electron chi connectivity index (χ3n) is 26.6. The average molecular weight is 2020 g/mol.